The second-order valence-electron chi connectivity index (χ2n) is 7.55. The number of nitrogens with zero attached hydrogens (tertiary/aromatic N) is 2. The van der Waals surface area contributed by atoms with E-state index in [0.717, 1.165) is 21.7 Å². The van der Waals surface area contributed by atoms with Gasteiger partial charge in [0.1, 0.15) is 5.58 Å². The molecule has 9 heteroatoms. The predicted molar refractivity (Wildman–Crippen MR) is 124 cm³/mol. The Morgan fingerprint density at radius 2 is 1.91 bits per heavy atom. The number of sulfone groups is 1. The van der Waals surface area contributed by atoms with Gasteiger partial charge < -0.3 is 14.3 Å². The molecular formula is C23H23N3O4S2. The Balaban J connectivity index is 1.58. The van der Waals surface area contributed by atoms with E-state index >= 15 is 0 Å². The number of thioether (sulfide) groups is 1. The Labute approximate surface area is 190 Å². The summed E-state index contributed by atoms with van der Waals surface area (Å²) in [7, 11) is -1.35. The first-order valence-corrected chi connectivity index (χ1v) is 12.8. The molecule has 0 radical (unpaired) electrons. The monoisotopic (exact) mass is 469 g/mol. The quantitative estimate of drug-likeness (QED) is 0.404. The van der Waals surface area contributed by atoms with Crippen LogP contribution in [0.1, 0.15) is 34.6 Å². The first-order valence-electron chi connectivity index (χ1n) is 9.95. The standard InChI is InChI=1S/C23H23N3O4S2/c1-15(16-8-10-17(11-9-16)32(3,28)29)25-22(27)21-19(14-31-23-24-12-13-26(23)2)18-6-4-5-7-20(18)30-21/h4-13,15H,14H2,1-3H3,(H,25,27)/t15-/m0/s1. The molecule has 0 saturated carbocycles. The number of rotatable bonds is 7. The van der Waals surface area contributed by atoms with Gasteiger partial charge in [-0.3, -0.25) is 4.79 Å². The van der Waals surface area contributed by atoms with Crippen LogP contribution in [-0.2, 0) is 22.6 Å². The number of aromatic nitrogens is 2. The van der Waals surface area contributed by atoms with E-state index in [2.05, 4.69) is 10.3 Å². The maximum Gasteiger partial charge on any atom is 0.287 e. The van der Waals surface area contributed by atoms with Crippen LogP contribution >= 0.6 is 11.8 Å². The Bertz CT molecular complexity index is 1370. The molecule has 0 aliphatic heterocycles. The van der Waals surface area contributed by atoms with Gasteiger partial charge in [0.05, 0.1) is 10.9 Å². The zero-order chi connectivity index (χ0) is 22.9. The third-order valence-electron chi connectivity index (χ3n) is 5.18. The number of para-hydroxylation sites is 1. The van der Waals surface area contributed by atoms with Crippen LogP contribution in [0.3, 0.4) is 0 Å². The van der Waals surface area contributed by atoms with Gasteiger partial charge in [-0.25, -0.2) is 13.4 Å². The van der Waals surface area contributed by atoms with Crippen LogP contribution in [0.15, 0.2) is 75.4 Å². The number of hydrogen-bond acceptors (Lipinski definition) is 6. The summed E-state index contributed by atoms with van der Waals surface area (Å²) in [6.07, 6.45) is 4.78. The highest BCUT2D eigenvalue weighted by atomic mass is 32.2. The average molecular weight is 470 g/mol. The normalized spacial score (nSPS) is 12.7. The van der Waals surface area contributed by atoms with E-state index in [-0.39, 0.29) is 22.6 Å². The summed E-state index contributed by atoms with van der Waals surface area (Å²) < 4.78 is 31.2. The van der Waals surface area contributed by atoms with Crippen molar-refractivity contribution < 1.29 is 17.6 Å². The fraction of sp³-hybridized carbons (Fsp3) is 0.217. The van der Waals surface area contributed by atoms with Crippen molar-refractivity contribution in [1.29, 1.82) is 0 Å². The summed E-state index contributed by atoms with van der Waals surface area (Å²) >= 11 is 1.53. The lowest BCUT2D eigenvalue weighted by molar-refractivity contribution is 0.0913. The molecule has 2 heterocycles. The number of aryl methyl sites for hydroxylation is 1. The zero-order valence-electron chi connectivity index (χ0n) is 17.9. The van der Waals surface area contributed by atoms with Gasteiger partial charge >= 0.3 is 0 Å². The van der Waals surface area contributed by atoms with E-state index in [1.165, 1.54) is 18.0 Å². The van der Waals surface area contributed by atoms with Gasteiger partial charge in [0.25, 0.3) is 5.91 Å². The maximum absolute atomic E-state index is 13.1. The number of nitrogens with one attached hydrogen (secondary N) is 1. The predicted octanol–water partition coefficient (Wildman–Crippen LogP) is 4.35. The minimum Gasteiger partial charge on any atom is -0.451 e. The lowest BCUT2D eigenvalue weighted by atomic mass is 10.1. The molecule has 4 rings (SSSR count). The molecule has 0 aliphatic rings. The molecular weight excluding hydrogens is 446 g/mol. The van der Waals surface area contributed by atoms with Crippen LogP contribution in [0, 0.1) is 0 Å². The number of hydrogen-bond donors (Lipinski definition) is 1. The average Bonchev–Trinajstić information content (AvgIpc) is 3.34. The van der Waals surface area contributed by atoms with Gasteiger partial charge in [0, 0.05) is 42.4 Å². The van der Waals surface area contributed by atoms with Crippen LogP contribution in [0.4, 0.5) is 0 Å². The van der Waals surface area contributed by atoms with E-state index < -0.39 is 9.84 Å². The SMILES string of the molecule is C[C@H](NC(=O)c1oc2ccccc2c1CSc1nccn1C)c1ccc(S(C)(=O)=O)cc1. The van der Waals surface area contributed by atoms with Gasteiger partial charge in [-0.15, -0.1) is 0 Å². The smallest absolute Gasteiger partial charge is 0.287 e. The van der Waals surface area contributed by atoms with Gasteiger partial charge in [-0.1, -0.05) is 42.1 Å². The maximum atomic E-state index is 13.1. The molecule has 0 saturated heterocycles. The third-order valence-corrected chi connectivity index (χ3v) is 7.40. The van der Waals surface area contributed by atoms with Gasteiger partial charge in [0.2, 0.25) is 0 Å². The van der Waals surface area contributed by atoms with Crippen LogP contribution in [-0.4, -0.2) is 30.1 Å². The number of fused-ring (bicyclic) bond motifs is 1. The van der Waals surface area contributed by atoms with Crippen molar-refractivity contribution in [1.82, 2.24) is 14.9 Å². The summed E-state index contributed by atoms with van der Waals surface area (Å²) in [4.78, 5) is 17.7. The number of carbonyl (C=O) groups excluding carboxylic acids is 1. The van der Waals surface area contributed by atoms with Crippen molar-refractivity contribution >= 4 is 38.5 Å². The molecule has 0 fully saturated rings. The van der Waals surface area contributed by atoms with E-state index in [4.69, 9.17) is 4.42 Å². The Hall–Kier alpha value is -3.04. The van der Waals surface area contributed by atoms with E-state index in [1.54, 1.807) is 30.5 Å². The molecule has 0 aliphatic carbocycles. The van der Waals surface area contributed by atoms with Crippen molar-refractivity contribution in [3.8, 4) is 0 Å². The first-order chi connectivity index (χ1) is 15.2. The highest BCUT2D eigenvalue weighted by Gasteiger charge is 2.23. The van der Waals surface area contributed by atoms with Crippen molar-refractivity contribution in [3.63, 3.8) is 0 Å². The number of benzene rings is 2. The summed E-state index contributed by atoms with van der Waals surface area (Å²) in [5.41, 5.74) is 2.26. The van der Waals surface area contributed by atoms with Crippen LogP contribution < -0.4 is 5.32 Å². The summed E-state index contributed by atoms with van der Waals surface area (Å²) in [6.45, 7) is 1.85. The number of amides is 1. The molecule has 0 spiro atoms. The van der Waals surface area contributed by atoms with Crippen molar-refractivity contribution in [2.45, 2.75) is 28.8 Å². The number of imidazole rings is 1. The second-order valence-corrected chi connectivity index (χ2v) is 10.5. The highest BCUT2D eigenvalue weighted by molar-refractivity contribution is 7.98. The first kappa shape index (κ1) is 22.2. The Morgan fingerprint density at radius 1 is 1.19 bits per heavy atom. The van der Waals surface area contributed by atoms with E-state index in [9.17, 15) is 13.2 Å². The highest BCUT2D eigenvalue weighted by Crippen LogP contribution is 2.32. The molecule has 1 N–H and O–H groups in total. The zero-order valence-corrected chi connectivity index (χ0v) is 19.5. The number of carbonyl (C=O) groups is 1. The van der Waals surface area contributed by atoms with Gasteiger partial charge in [0.15, 0.2) is 20.8 Å². The molecule has 0 unspecified atom stereocenters. The fourth-order valence-corrected chi connectivity index (χ4v) is 4.99. The molecule has 2 aromatic carbocycles. The van der Waals surface area contributed by atoms with Crippen LogP contribution in [0.25, 0.3) is 11.0 Å². The fourth-order valence-electron chi connectivity index (χ4n) is 3.40. The van der Waals surface area contributed by atoms with Crippen LogP contribution in [0.5, 0.6) is 0 Å². The van der Waals surface area contributed by atoms with E-state index in [0.29, 0.717) is 11.3 Å². The third kappa shape index (κ3) is 4.58. The summed E-state index contributed by atoms with van der Waals surface area (Å²) in [5.74, 6) is 0.478. The summed E-state index contributed by atoms with van der Waals surface area (Å²) in [6, 6.07) is 13.7. The second kappa shape index (κ2) is 8.84. The van der Waals surface area contributed by atoms with Crippen molar-refractivity contribution in [2.75, 3.05) is 6.26 Å². The molecule has 32 heavy (non-hydrogen) atoms. The van der Waals surface area contributed by atoms with Crippen molar-refractivity contribution in [3.05, 3.63) is 77.8 Å². The molecule has 2 aromatic heterocycles. The van der Waals surface area contributed by atoms with Gasteiger partial charge in [-0.2, -0.15) is 0 Å². The molecule has 1 amide bonds. The molecule has 1 atom stereocenters. The minimum absolute atomic E-state index is 0.241. The lowest BCUT2D eigenvalue weighted by Crippen LogP contribution is -2.27. The van der Waals surface area contributed by atoms with Crippen molar-refractivity contribution in [2.24, 2.45) is 7.05 Å². The lowest BCUT2D eigenvalue weighted by Gasteiger charge is -2.14. The molecule has 7 nitrogen and oxygen atoms in total. The van der Waals surface area contributed by atoms with Crippen LogP contribution in [0.2, 0.25) is 0 Å². The van der Waals surface area contributed by atoms with Gasteiger partial charge in [-0.05, 0) is 30.7 Å². The Morgan fingerprint density at radius 3 is 2.56 bits per heavy atom. The molecule has 166 valence electrons. The minimum atomic E-state index is -3.27. The summed E-state index contributed by atoms with van der Waals surface area (Å²) in [5, 5.41) is 4.71. The topological polar surface area (TPSA) is 94.2 Å². The Kier molecular flexibility index (Phi) is 6.12. The molecule has 0 bridgehead atoms. The largest absolute Gasteiger partial charge is 0.451 e. The molecule has 4 aromatic rings. The number of furan rings is 1. The van der Waals surface area contributed by atoms with E-state index in [1.807, 2.05) is 49.0 Å².